The SMILES string of the molecule is CCOc1cc(CNCCNCC(C)O)ccc1OCc1ccccc1Cl. The lowest BCUT2D eigenvalue weighted by Crippen LogP contribution is -2.31. The predicted molar refractivity (Wildman–Crippen MR) is 110 cm³/mol. The molecule has 0 fully saturated rings. The molecular weight excluding hydrogens is 364 g/mol. The number of hydrogen-bond acceptors (Lipinski definition) is 5. The zero-order valence-corrected chi connectivity index (χ0v) is 16.8. The van der Waals surface area contributed by atoms with Crippen molar-refractivity contribution in [2.75, 3.05) is 26.2 Å². The number of nitrogens with one attached hydrogen (secondary N) is 2. The minimum atomic E-state index is -0.322. The van der Waals surface area contributed by atoms with Crippen LogP contribution in [0.15, 0.2) is 42.5 Å². The van der Waals surface area contributed by atoms with Gasteiger partial charge in [-0.2, -0.15) is 0 Å². The van der Waals surface area contributed by atoms with Crippen molar-refractivity contribution in [2.45, 2.75) is 33.1 Å². The van der Waals surface area contributed by atoms with Crippen LogP contribution in [-0.2, 0) is 13.2 Å². The summed E-state index contributed by atoms with van der Waals surface area (Å²) in [5.74, 6) is 1.44. The topological polar surface area (TPSA) is 62.8 Å². The summed E-state index contributed by atoms with van der Waals surface area (Å²) in [6, 6.07) is 13.6. The predicted octanol–water partition coefficient (Wildman–Crippen LogP) is 3.38. The van der Waals surface area contributed by atoms with Gasteiger partial charge in [0.25, 0.3) is 0 Å². The summed E-state index contributed by atoms with van der Waals surface area (Å²) in [7, 11) is 0. The quantitative estimate of drug-likeness (QED) is 0.483. The first-order valence-corrected chi connectivity index (χ1v) is 9.69. The zero-order valence-electron chi connectivity index (χ0n) is 16.0. The molecule has 27 heavy (non-hydrogen) atoms. The maximum atomic E-state index is 9.21. The third kappa shape index (κ3) is 7.77. The fourth-order valence-electron chi connectivity index (χ4n) is 2.54. The summed E-state index contributed by atoms with van der Waals surface area (Å²) < 4.78 is 11.7. The van der Waals surface area contributed by atoms with E-state index in [-0.39, 0.29) is 6.10 Å². The summed E-state index contributed by atoms with van der Waals surface area (Å²) in [6.07, 6.45) is -0.322. The van der Waals surface area contributed by atoms with Crippen molar-refractivity contribution < 1.29 is 14.6 Å². The average molecular weight is 393 g/mol. The van der Waals surface area contributed by atoms with Crippen molar-refractivity contribution in [2.24, 2.45) is 0 Å². The first kappa shape index (κ1) is 21.5. The fraction of sp³-hybridized carbons (Fsp3) is 0.429. The van der Waals surface area contributed by atoms with Gasteiger partial charge in [0.15, 0.2) is 11.5 Å². The van der Waals surface area contributed by atoms with E-state index in [0.29, 0.717) is 30.5 Å². The molecule has 2 aromatic carbocycles. The lowest BCUT2D eigenvalue weighted by Gasteiger charge is -2.14. The van der Waals surface area contributed by atoms with Crippen molar-refractivity contribution >= 4 is 11.6 Å². The molecule has 2 rings (SSSR count). The Morgan fingerprint density at radius 1 is 1.04 bits per heavy atom. The standard InChI is InChI=1S/C21H29ClN2O3/c1-3-26-21-12-17(14-24-11-10-23-13-16(2)25)8-9-20(21)27-15-18-6-4-5-7-19(18)22/h4-9,12,16,23-25H,3,10-11,13-15H2,1-2H3. The Kier molecular flexibility index (Phi) is 9.42. The van der Waals surface area contributed by atoms with Gasteiger partial charge >= 0.3 is 0 Å². The highest BCUT2D eigenvalue weighted by atomic mass is 35.5. The Balaban J connectivity index is 1.88. The average Bonchev–Trinajstić information content (AvgIpc) is 2.65. The number of hydrogen-bond donors (Lipinski definition) is 3. The highest BCUT2D eigenvalue weighted by Gasteiger charge is 2.08. The smallest absolute Gasteiger partial charge is 0.161 e. The Labute approximate surface area is 166 Å². The lowest BCUT2D eigenvalue weighted by atomic mass is 10.2. The molecule has 2 aromatic rings. The molecule has 148 valence electrons. The summed E-state index contributed by atoms with van der Waals surface area (Å²) >= 11 is 6.19. The summed E-state index contributed by atoms with van der Waals surface area (Å²) in [6.45, 7) is 7.66. The van der Waals surface area contributed by atoms with Crippen LogP contribution in [0, 0.1) is 0 Å². The molecule has 0 aromatic heterocycles. The van der Waals surface area contributed by atoms with E-state index in [1.165, 1.54) is 0 Å². The molecule has 6 heteroatoms. The molecule has 0 bridgehead atoms. The molecule has 0 heterocycles. The highest BCUT2D eigenvalue weighted by molar-refractivity contribution is 6.31. The second kappa shape index (κ2) is 11.8. The van der Waals surface area contributed by atoms with E-state index < -0.39 is 0 Å². The third-order valence-electron chi connectivity index (χ3n) is 3.90. The first-order chi connectivity index (χ1) is 13.1. The number of rotatable bonds is 12. The van der Waals surface area contributed by atoms with Gasteiger partial charge in [0, 0.05) is 36.8 Å². The van der Waals surface area contributed by atoms with Crippen LogP contribution in [0.5, 0.6) is 11.5 Å². The number of halogens is 1. The van der Waals surface area contributed by atoms with Gasteiger partial charge in [-0.05, 0) is 37.6 Å². The van der Waals surface area contributed by atoms with Crippen molar-refractivity contribution in [3.05, 3.63) is 58.6 Å². The van der Waals surface area contributed by atoms with Crippen LogP contribution >= 0.6 is 11.6 Å². The molecule has 0 saturated heterocycles. The lowest BCUT2D eigenvalue weighted by molar-refractivity contribution is 0.191. The van der Waals surface area contributed by atoms with Gasteiger partial charge in [-0.25, -0.2) is 0 Å². The highest BCUT2D eigenvalue weighted by Crippen LogP contribution is 2.30. The molecule has 0 aliphatic rings. The summed E-state index contributed by atoms with van der Waals surface area (Å²) in [5, 5.41) is 16.5. The van der Waals surface area contributed by atoms with Gasteiger partial charge in [-0.1, -0.05) is 35.9 Å². The molecule has 3 N–H and O–H groups in total. The fourth-order valence-corrected chi connectivity index (χ4v) is 2.73. The third-order valence-corrected chi connectivity index (χ3v) is 4.27. The van der Waals surface area contributed by atoms with Crippen molar-refractivity contribution in [3.63, 3.8) is 0 Å². The Hall–Kier alpha value is -1.79. The van der Waals surface area contributed by atoms with Gasteiger partial charge in [-0.3, -0.25) is 0 Å². The maximum absolute atomic E-state index is 9.21. The largest absolute Gasteiger partial charge is 0.490 e. The number of ether oxygens (including phenoxy) is 2. The van der Waals surface area contributed by atoms with Crippen molar-refractivity contribution in [3.8, 4) is 11.5 Å². The van der Waals surface area contributed by atoms with Crippen molar-refractivity contribution in [1.29, 1.82) is 0 Å². The van der Waals surface area contributed by atoms with E-state index in [2.05, 4.69) is 10.6 Å². The second-order valence-electron chi connectivity index (χ2n) is 6.32. The molecule has 5 nitrogen and oxygen atoms in total. The van der Waals surface area contributed by atoms with Gasteiger partial charge in [-0.15, -0.1) is 0 Å². The van der Waals surface area contributed by atoms with Crippen LogP contribution < -0.4 is 20.1 Å². The van der Waals surface area contributed by atoms with Crippen LogP contribution in [0.4, 0.5) is 0 Å². The molecule has 0 aliphatic carbocycles. The molecule has 1 atom stereocenters. The summed E-state index contributed by atoms with van der Waals surface area (Å²) in [4.78, 5) is 0. The molecular formula is C21H29ClN2O3. The summed E-state index contributed by atoms with van der Waals surface area (Å²) in [5.41, 5.74) is 2.07. The van der Waals surface area contributed by atoms with E-state index in [4.69, 9.17) is 21.1 Å². The van der Waals surface area contributed by atoms with Crippen LogP contribution in [-0.4, -0.2) is 37.5 Å². The molecule has 0 radical (unpaired) electrons. The van der Waals surface area contributed by atoms with Crippen LogP contribution in [0.3, 0.4) is 0 Å². The molecule has 0 spiro atoms. The molecule has 0 saturated carbocycles. The van der Waals surface area contributed by atoms with Crippen LogP contribution in [0.25, 0.3) is 0 Å². The Morgan fingerprint density at radius 3 is 2.56 bits per heavy atom. The Morgan fingerprint density at radius 2 is 1.81 bits per heavy atom. The maximum Gasteiger partial charge on any atom is 0.161 e. The van der Waals surface area contributed by atoms with Crippen LogP contribution in [0.2, 0.25) is 5.02 Å². The minimum absolute atomic E-state index is 0.322. The minimum Gasteiger partial charge on any atom is -0.490 e. The van der Waals surface area contributed by atoms with Gasteiger partial charge < -0.3 is 25.2 Å². The number of aliphatic hydroxyl groups excluding tert-OH is 1. The monoisotopic (exact) mass is 392 g/mol. The first-order valence-electron chi connectivity index (χ1n) is 9.31. The second-order valence-corrected chi connectivity index (χ2v) is 6.73. The van der Waals surface area contributed by atoms with Crippen molar-refractivity contribution in [1.82, 2.24) is 10.6 Å². The number of aliphatic hydroxyl groups is 1. The van der Waals surface area contributed by atoms with E-state index in [1.807, 2.05) is 49.4 Å². The normalized spacial score (nSPS) is 12.0. The van der Waals surface area contributed by atoms with E-state index in [9.17, 15) is 5.11 Å². The van der Waals surface area contributed by atoms with Crippen LogP contribution in [0.1, 0.15) is 25.0 Å². The van der Waals surface area contributed by atoms with E-state index >= 15 is 0 Å². The molecule has 1 unspecified atom stereocenters. The Bertz CT molecular complexity index is 695. The van der Waals surface area contributed by atoms with E-state index in [0.717, 1.165) is 36.5 Å². The van der Waals surface area contributed by atoms with Gasteiger partial charge in [0.1, 0.15) is 6.61 Å². The van der Waals surface area contributed by atoms with Gasteiger partial charge in [0.2, 0.25) is 0 Å². The van der Waals surface area contributed by atoms with Gasteiger partial charge in [0.05, 0.1) is 12.7 Å². The number of benzene rings is 2. The van der Waals surface area contributed by atoms with E-state index in [1.54, 1.807) is 6.92 Å². The molecule has 0 amide bonds. The zero-order chi connectivity index (χ0) is 19.5. The molecule has 0 aliphatic heterocycles.